The van der Waals surface area contributed by atoms with Gasteiger partial charge in [-0.1, -0.05) is 6.08 Å². The Hall–Kier alpha value is -1.42. The highest BCUT2D eigenvalue weighted by Gasteiger charge is 2.28. The molecule has 100 valence electrons. The molecule has 0 radical (unpaired) electrons. The maximum Gasteiger partial charge on any atom is 0.198 e. The van der Waals surface area contributed by atoms with Gasteiger partial charge < -0.3 is 19.5 Å². The molecule has 0 spiro atoms. The van der Waals surface area contributed by atoms with Crippen LogP contribution >= 0.6 is 0 Å². The van der Waals surface area contributed by atoms with Crippen LogP contribution in [0.4, 0.5) is 0 Å². The lowest BCUT2D eigenvalue weighted by Gasteiger charge is -2.27. The molecular weight excluding hydrogens is 230 g/mol. The first-order valence-corrected chi connectivity index (χ1v) is 6.37. The Morgan fingerprint density at radius 2 is 2.33 bits per heavy atom. The van der Waals surface area contributed by atoms with Crippen molar-refractivity contribution in [3.05, 3.63) is 35.4 Å². The van der Waals surface area contributed by atoms with Gasteiger partial charge in [0.25, 0.3) is 0 Å². The lowest BCUT2D eigenvalue weighted by molar-refractivity contribution is 0.100. The number of ether oxygens (including phenoxy) is 2. The van der Waals surface area contributed by atoms with Crippen LogP contribution in [0.2, 0.25) is 0 Å². The molecule has 0 aromatic heterocycles. The van der Waals surface area contributed by atoms with Gasteiger partial charge in [-0.2, -0.15) is 0 Å². The van der Waals surface area contributed by atoms with Gasteiger partial charge in [0.1, 0.15) is 5.76 Å². The SMILES string of the molecule is COC[C@@H]1CCCN1/C(O)=C1\C=CCC=C1OC. The molecule has 1 atom stereocenters. The first kappa shape index (κ1) is 13.0. The van der Waals surface area contributed by atoms with Crippen molar-refractivity contribution in [2.45, 2.75) is 25.3 Å². The standard InChI is InChI=1S/C14H21NO3/c1-17-10-11-6-5-9-15(11)14(16)12-7-3-4-8-13(12)18-2/h3,7-8,11,16H,4-6,9-10H2,1-2H3/b14-12-/t11-/m0/s1. The van der Waals surface area contributed by atoms with E-state index in [2.05, 4.69) is 0 Å². The average Bonchev–Trinajstić information content (AvgIpc) is 2.86. The third kappa shape index (κ3) is 2.53. The predicted octanol–water partition coefficient (Wildman–Crippen LogP) is 2.36. The molecule has 1 saturated heterocycles. The monoisotopic (exact) mass is 251 g/mol. The van der Waals surface area contributed by atoms with Gasteiger partial charge in [-0.25, -0.2) is 0 Å². The summed E-state index contributed by atoms with van der Waals surface area (Å²) in [4.78, 5) is 2.02. The molecule has 0 saturated carbocycles. The van der Waals surface area contributed by atoms with E-state index in [1.807, 2.05) is 23.1 Å². The van der Waals surface area contributed by atoms with Crippen LogP contribution < -0.4 is 0 Å². The zero-order chi connectivity index (χ0) is 13.0. The second-order valence-electron chi connectivity index (χ2n) is 4.59. The van der Waals surface area contributed by atoms with Gasteiger partial charge in [0, 0.05) is 13.7 Å². The number of hydrogen-bond acceptors (Lipinski definition) is 4. The Balaban J connectivity index is 2.22. The van der Waals surface area contributed by atoms with E-state index in [0.29, 0.717) is 12.5 Å². The normalized spacial score (nSPS) is 26.2. The number of nitrogens with zero attached hydrogens (tertiary/aromatic N) is 1. The zero-order valence-corrected chi connectivity index (χ0v) is 11.1. The highest BCUT2D eigenvalue weighted by Crippen LogP contribution is 2.28. The predicted molar refractivity (Wildman–Crippen MR) is 70.1 cm³/mol. The van der Waals surface area contributed by atoms with E-state index in [0.717, 1.165) is 37.1 Å². The molecule has 0 bridgehead atoms. The minimum Gasteiger partial charge on any atom is -0.496 e. The number of aliphatic hydroxyl groups excluding tert-OH is 1. The smallest absolute Gasteiger partial charge is 0.198 e. The second-order valence-corrected chi connectivity index (χ2v) is 4.59. The summed E-state index contributed by atoms with van der Waals surface area (Å²) >= 11 is 0. The second kappa shape index (κ2) is 5.96. The molecule has 2 rings (SSSR count). The Bertz CT molecular complexity index is 385. The van der Waals surface area contributed by atoms with Gasteiger partial charge in [0.15, 0.2) is 5.88 Å². The van der Waals surface area contributed by atoms with Crippen LogP contribution in [0.15, 0.2) is 35.4 Å². The molecule has 0 unspecified atom stereocenters. The van der Waals surface area contributed by atoms with Crippen molar-refractivity contribution in [3.63, 3.8) is 0 Å². The number of aliphatic hydroxyl groups is 1. The molecule has 18 heavy (non-hydrogen) atoms. The highest BCUT2D eigenvalue weighted by atomic mass is 16.5. The van der Waals surface area contributed by atoms with Crippen molar-refractivity contribution >= 4 is 0 Å². The van der Waals surface area contributed by atoms with E-state index < -0.39 is 0 Å². The van der Waals surface area contributed by atoms with Crippen molar-refractivity contribution in [3.8, 4) is 0 Å². The van der Waals surface area contributed by atoms with E-state index in [9.17, 15) is 5.11 Å². The zero-order valence-electron chi connectivity index (χ0n) is 11.1. The first-order valence-electron chi connectivity index (χ1n) is 6.37. The molecule has 0 aromatic carbocycles. The van der Waals surface area contributed by atoms with E-state index in [4.69, 9.17) is 9.47 Å². The van der Waals surface area contributed by atoms with Gasteiger partial charge in [0.2, 0.25) is 0 Å². The molecule has 4 nitrogen and oxygen atoms in total. The fraction of sp³-hybridized carbons (Fsp3) is 0.571. The highest BCUT2D eigenvalue weighted by molar-refractivity contribution is 5.41. The summed E-state index contributed by atoms with van der Waals surface area (Å²) in [5.41, 5.74) is 0.770. The fourth-order valence-electron chi connectivity index (χ4n) is 2.57. The molecule has 1 aliphatic carbocycles. The van der Waals surface area contributed by atoms with Crippen LogP contribution in [0.5, 0.6) is 0 Å². The lowest BCUT2D eigenvalue weighted by atomic mass is 10.1. The van der Waals surface area contributed by atoms with Crippen LogP contribution in [0.1, 0.15) is 19.3 Å². The molecule has 1 aliphatic heterocycles. The van der Waals surface area contributed by atoms with Crippen LogP contribution in [0.25, 0.3) is 0 Å². The number of hydrogen-bond donors (Lipinski definition) is 1. The molecule has 4 heteroatoms. The number of likely N-dealkylation sites (tertiary alicyclic amines) is 1. The summed E-state index contributed by atoms with van der Waals surface area (Å²) in [5.74, 6) is 1.05. The van der Waals surface area contributed by atoms with Crippen molar-refractivity contribution in [1.29, 1.82) is 0 Å². The Morgan fingerprint density at radius 3 is 3.06 bits per heavy atom. The van der Waals surface area contributed by atoms with Crippen LogP contribution in [0, 0.1) is 0 Å². The minimum absolute atomic E-state index is 0.260. The number of allylic oxidation sites excluding steroid dienone is 3. The van der Waals surface area contributed by atoms with E-state index in [-0.39, 0.29) is 6.04 Å². The van der Waals surface area contributed by atoms with E-state index in [1.165, 1.54) is 0 Å². The van der Waals surface area contributed by atoms with Gasteiger partial charge in [-0.3, -0.25) is 0 Å². The third-order valence-electron chi connectivity index (χ3n) is 3.46. The quantitative estimate of drug-likeness (QED) is 0.779. The van der Waals surface area contributed by atoms with Crippen molar-refractivity contribution < 1.29 is 14.6 Å². The van der Waals surface area contributed by atoms with Crippen LogP contribution in [-0.4, -0.2) is 43.4 Å². The van der Waals surface area contributed by atoms with Crippen molar-refractivity contribution in [1.82, 2.24) is 4.90 Å². The fourth-order valence-corrected chi connectivity index (χ4v) is 2.57. The van der Waals surface area contributed by atoms with Gasteiger partial charge in [-0.15, -0.1) is 0 Å². The topological polar surface area (TPSA) is 41.9 Å². The molecule has 1 fully saturated rings. The van der Waals surface area contributed by atoms with E-state index >= 15 is 0 Å². The summed E-state index contributed by atoms with van der Waals surface area (Å²) in [6.45, 7) is 1.52. The molecule has 0 aromatic rings. The Kier molecular flexibility index (Phi) is 4.31. The summed E-state index contributed by atoms with van der Waals surface area (Å²) < 4.78 is 10.5. The number of methoxy groups -OCH3 is 2. The summed E-state index contributed by atoms with van der Waals surface area (Å²) in [5, 5.41) is 10.5. The van der Waals surface area contributed by atoms with Gasteiger partial charge >= 0.3 is 0 Å². The van der Waals surface area contributed by atoms with Gasteiger partial charge in [0.05, 0.1) is 25.3 Å². The summed E-state index contributed by atoms with van der Waals surface area (Å²) in [6.07, 6.45) is 8.92. The summed E-state index contributed by atoms with van der Waals surface area (Å²) in [7, 11) is 3.33. The van der Waals surface area contributed by atoms with Crippen LogP contribution in [-0.2, 0) is 9.47 Å². The molecular formula is C14H21NO3. The molecule has 1 N–H and O–H groups in total. The van der Waals surface area contributed by atoms with Gasteiger partial charge in [-0.05, 0) is 31.4 Å². The molecule has 2 aliphatic rings. The number of rotatable bonds is 4. The largest absolute Gasteiger partial charge is 0.496 e. The maximum atomic E-state index is 10.5. The minimum atomic E-state index is 0.260. The average molecular weight is 251 g/mol. The molecule has 0 amide bonds. The first-order chi connectivity index (χ1) is 8.77. The Labute approximate surface area is 108 Å². The van der Waals surface area contributed by atoms with E-state index in [1.54, 1.807) is 14.2 Å². The Morgan fingerprint density at radius 1 is 1.50 bits per heavy atom. The van der Waals surface area contributed by atoms with Crippen molar-refractivity contribution in [2.24, 2.45) is 0 Å². The van der Waals surface area contributed by atoms with Crippen molar-refractivity contribution in [2.75, 3.05) is 27.4 Å². The van der Waals surface area contributed by atoms with Crippen LogP contribution in [0.3, 0.4) is 0 Å². The summed E-state index contributed by atoms with van der Waals surface area (Å²) in [6, 6.07) is 0.260. The molecule has 1 heterocycles. The maximum absolute atomic E-state index is 10.5. The third-order valence-corrected chi connectivity index (χ3v) is 3.46. The lowest BCUT2D eigenvalue weighted by Crippen LogP contribution is -2.33.